The lowest BCUT2D eigenvalue weighted by atomic mass is 10.1. The second-order valence-corrected chi connectivity index (χ2v) is 7.12. The molecular weight excluding hydrogens is 371 g/mol. The van der Waals surface area contributed by atoms with E-state index < -0.39 is 0 Å². The predicted molar refractivity (Wildman–Crippen MR) is 106 cm³/mol. The summed E-state index contributed by atoms with van der Waals surface area (Å²) < 4.78 is 18.8. The molecule has 1 N–H and O–H groups in total. The van der Waals surface area contributed by atoms with Crippen molar-refractivity contribution in [3.05, 3.63) is 77.6 Å². The molecule has 0 saturated carbocycles. The number of hydrogen-bond donors (Lipinski definition) is 1. The number of H-pyrrole nitrogens is 1. The molecule has 0 radical (unpaired) electrons. The van der Waals surface area contributed by atoms with Crippen LogP contribution in [0.2, 0.25) is 0 Å². The number of likely N-dealkylation sites (tertiary alicyclic amines) is 1. The fourth-order valence-electron chi connectivity index (χ4n) is 3.65. The second kappa shape index (κ2) is 8.86. The van der Waals surface area contributed by atoms with Crippen LogP contribution < -0.4 is 4.74 Å². The van der Waals surface area contributed by atoms with Crippen LogP contribution in [0.3, 0.4) is 0 Å². The van der Waals surface area contributed by atoms with E-state index in [-0.39, 0.29) is 17.8 Å². The smallest absolute Gasteiger partial charge is 0.229 e. The number of aromatic nitrogens is 3. The molecule has 1 fully saturated rings. The summed E-state index contributed by atoms with van der Waals surface area (Å²) in [4.78, 5) is 18.9. The molecule has 1 aromatic carbocycles. The molecule has 29 heavy (non-hydrogen) atoms. The van der Waals surface area contributed by atoms with E-state index in [0.29, 0.717) is 25.2 Å². The molecule has 0 bridgehead atoms. The zero-order valence-electron chi connectivity index (χ0n) is 16.1. The van der Waals surface area contributed by atoms with Crippen LogP contribution in [-0.2, 0) is 17.6 Å². The van der Waals surface area contributed by atoms with Crippen LogP contribution in [0.4, 0.5) is 4.39 Å². The van der Waals surface area contributed by atoms with Crippen molar-refractivity contribution < 1.29 is 13.9 Å². The molecular formula is C22H23FN4O2. The molecule has 1 aliphatic rings. The lowest BCUT2D eigenvalue weighted by molar-refractivity contribution is -0.131. The first-order chi connectivity index (χ1) is 14.2. The summed E-state index contributed by atoms with van der Waals surface area (Å²) in [6.07, 6.45) is 4.49. The first-order valence-corrected chi connectivity index (χ1v) is 9.81. The van der Waals surface area contributed by atoms with Crippen LogP contribution in [0.15, 0.2) is 54.7 Å². The first kappa shape index (κ1) is 19.1. The third kappa shape index (κ3) is 4.80. The van der Waals surface area contributed by atoms with Crippen LogP contribution in [0.1, 0.15) is 36.0 Å². The van der Waals surface area contributed by atoms with Crippen molar-refractivity contribution in [2.75, 3.05) is 13.2 Å². The van der Waals surface area contributed by atoms with Gasteiger partial charge in [-0.3, -0.25) is 14.9 Å². The molecule has 0 spiro atoms. The highest BCUT2D eigenvalue weighted by atomic mass is 19.1. The van der Waals surface area contributed by atoms with Crippen molar-refractivity contribution in [1.29, 1.82) is 0 Å². The number of amides is 1. The number of halogens is 1. The van der Waals surface area contributed by atoms with Gasteiger partial charge in [-0.2, -0.15) is 5.10 Å². The molecule has 1 amide bonds. The van der Waals surface area contributed by atoms with Crippen LogP contribution in [-0.4, -0.2) is 39.1 Å². The minimum atomic E-state index is -0.317. The Bertz CT molecular complexity index is 960. The predicted octanol–water partition coefficient (Wildman–Crippen LogP) is 3.47. The molecule has 3 aromatic rings. The number of hydrogen-bond acceptors (Lipinski definition) is 4. The molecule has 1 atom stereocenters. The maximum absolute atomic E-state index is 13.2. The Morgan fingerprint density at radius 3 is 3.00 bits per heavy atom. The average Bonchev–Trinajstić information content (AvgIpc) is 3.38. The van der Waals surface area contributed by atoms with Crippen LogP contribution in [0.5, 0.6) is 5.75 Å². The highest BCUT2D eigenvalue weighted by Crippen LogP contribution is 2.31. The van der Waals surface area contributed by atoms with Gasteiger partial charge < -0.3 is 9.64 Å². The molecule has 7 heteroatoms. The number of carbonyl (C=O) groups excluding carboxylic acids is 1. The molecule has 1 aliphatic heterocycles. The third-order valence-electron chi connectivity index (χ3n) is 5.06. The van der Waals surface area contributed by atoms with Gasteiger partial charge in [0, 0.05) is 36.6 Å². The van der Waals surface area contributed by atoms with E-state index in [4.69, 9.17) is 4.74 Å². The molecule has 1 unspecified atom stereocenters. The minimum Gasteiger partial charge on any atom is -0.493 e. The van der Waals surface area contributed by atoms with Gasteiger partial charge >= 0.3 is 0 Å². The summed E-state index contributed by atoms with van der Waals surface area (Å²) in [6, 6.07) is 13.7. The van der Waals surface area contributed by atoms with Crippen molar-refractivity contribution in [3.8, 4) is 5.75 Å². The highest BCUT2D eigenvalue weighted by molar-refractivity contribution is 5.79. The number of ether oxygens (including phenoxy) is 1. The average molecular weight is 394 g/mol. The largest absolute Gasteiger partial charge is 0.493 e. The van der Waals surface area contributed by atoms with Gasteiger partial charge in [0.1, 0.15) is 11.6 Å². The van der Waals surface area contributed by atoms with Gasteiger partial charge in [0.15, 0.2) is 0 Å². The van der Waals surface area contributed by atoms with Gasteiger partial charge in [0.05, 0.1) is 24.8 Å². The summed E-state index contributed by atoms with van der Waals surface area (Å²) >= 11 is 0. The van der Waals surface area contributed by atoms with E-state index in [9.17, 15) is 9.18 Å². The third-order valence-corrected chi connectivity index (χ3v) is 5.06. The molecule has 4 rings (SSSR count). The normalized spacial score (nSPS) is 16.2. The van der Waals surface area contributed by atoms with Gasteiger partial charge in [-0.05, 0) is 43.2 Å². The Kier molecular flexibility index (Phi) is 5.84. The highest BCUT2D eigenvalue weighted by Gasteiger charge is 2.31. The van der Waals surface area contributed by atoms with Crippen LogP contribution in [0.25, 0.3) is 0 Å². The summed E-state index contributed by atoms with van der Waals surface area (Å²) in [5, 5.41) is 7.46. The summed E-state index contributed by atoms with van der Waals surface area (Å²) in [5.41, 5.74) is 2.58. The van der Waals surface area contributed by atoms with E-state index >= 15 is 0 Å². The van der Waals surface area contributed by atoms with Gasteiger partial charge in [-0.1, -0.05) is 12.1 Å². The van der Waals surface area contributed by atoms with Crippen molar-refractivity contribution >= 4 is 5.91 Å². The van der Waals surface area contributed by atoms with E-state index in [0.717, 1.165) is 36.5 Å². The Morgan fingerprint density at radius 1 is 1.24 bits per heavy atom. The van der Waals surface area contributed by atoms with Gasteiger partial charge in [0.2, 0.25) is 5.91 Å². The molecule has 150 valence electrons. The lowest BCUT2D eigenvalue weighted by Crippen LogP contribution is -2.32. The Hall–Kier alpha value is -3.22. The monoisotopic (exact) mass is 394 g/mol. The molecule has 3 heterocycles. The number of aromatic amines is 1. The standard InChI is InChI=1S/C22H23FN4O2/c23-16-5-3-7-19(13-16)29-12-9-18-14-20(26-25-18)21-8-4-11-27(21)22(28)15-17-6-1-2-10-24-17/h1-3,5-7,10,13-14,21H,4,8-9,11-12,15H2,(H,25,26). The topological polar surface area (TPSA) is 71.1 Å². The van der Waals surface area contributed by atoms with Crippen LogP contribution >= 0.6 is 0 Å². The fraction of sp³-hybridized carbons (Fsp3) is 0.318. The Labute approximate surface area is 168 Å². The van der Waals surface area contributed by atoms with Gasteiger partial charge in [-0.25, -0.2) is 4.39 Å². The van der Waals surface area contributed by atoms with E-state index in [1.807, 2.05) is 29.2 Å². The van der Waals surface area contributed by atoms with Crippen molar-refractivity contribution in [2.45, 2.75) is 31.7 Å². The van der Waals surface area contributed by atoms with E-state index in [1.54, 1.807) is 18.3 Å². The Morgan fingerprint density at radius 2 is 2.17 bits per heavy atom. The fourth-order valence-corrected chi connectivity index (χ4v) is 3.65. The zero-order chi connectivity index (χ0) is 20.1. The van der Waals surface area contributed by atoms with E-state index in [1.165, 1.54) is 12.1 Å². The SMILES string of the molecule is O=C(Cc1ccccn1)N1CCCC1c1cc(CCOc2cccc(F)c2)[nH]n1. The number of nitrogens with one attached hydrogen (secondary N) is 1. The van der Waals surface area contributed by atoms with Crippen molar-refractivity contribution in [2.24, 2.45) is 0 Å². The maximum atomic E-state index is 13.2. The van der Waals surface area contributed by atoms with Crippen LogP contribution in [0, 0.1) is 5.82 Å². The summed E-state index contributed by atoms with van der Waals surface area (Å²) in [6.45, 7) is 1.15. The number of carbonyl (C=O) groups is 1. The maximum Gasteiger partial charge on any atom is 0.229 e. The first-order valence-electron chi connectivity index (χ1n) is 9.81. The number of nitrogens with zero attached hydrogens (tertiary/aromatic N) is 3. The number of rotatable bonds is 7. The van der Waals surface area contributed by atoms with Gasteiger partial charge in [0.25, 0.3) is 0 Å². The van der Waals surface area contributed by atoms with E-state index in [2.05, 4.69) is 15.2 Å². The molecule has 1 saturated heterocycles. The molecule has 6 nitrogen and oxygen atoms in total. The quantitative estimate of drug-likeness (QED) is 0.666. The molecule has 0 aliphatic carbocycles. The van der Waals surface area contributed by atoms with Gasteiger partial charge in [-0.15, -0.1) is 0 Å². The molecule has 2 aromatic heterocycles. The zero-order valence-corrected chi connectivity index (χ0v) is 16.1. The lowest BCUT2D eigenvalue weighted by Gasteiger charge is -2.23. The Balaban J connectivity index is 1.34. The number of pyridine rings is 1. The van der Waals surface area contributed by atoms with Crippen molar-refractivity contribution in [3.63, 3.8) is 0 Å². The minimum absolute atomic E-state index is 0.0136. The van der Waals surface area contributed by atoms with Crippen molar-refractivity contribution in [1.82, 2.24) is 20.1 Å². The summed E-state index contributed by atoms with van der Waals surface area (Å²) in [5.74, 6) is 0.264. The second-order valence-electron chi connectivity index (χ2n) is 7.12. The number of benzene rings is 1. The summed E-state index contributed by atoms with van der Waals surface area (Å²) in [7, 11) is 0.